The lowest BCUT2D eigenvalue weighted by Crippen LogP contribution is -2.37. The number of nitrogens with one attached hydrogen (secondary N) is 1. The molecule has 0 unspecified atom stereocenters. The first-order valence-electron chi connectivity index (χ1n) is 5.54. The Morgan fingerprint density at radius 1 is 1.36 bits per heavy atom. The van der Waals surface area contributed by atoms with Gasteiger partial charge in [0.25, 0.3) is 0 Å². The van der Waals surface area contributed by atoms with E-state index in [4.69, 9.17) is 4.74 Å². The fraction of sp³-hybridized carbons (Fsp3) is 0.818. The maximum Gasteiger partial charge on any atom is 0.0593 e. The minimum atomic E-state index is 0.904. The standard InChI is InChI=1S/C11H20N2O/c1-10(11-7-12-8-11)9-13-3-2-5-14-6-4-13/h12H,2-9H2,1H3. The van der Waals surface area contributed by atoms with Crippen molar-refractivity contribution in [2.24, 2.45) is 0 Å². The van der Waals surface area contributed by atoms with E-state index in [0.29, 0.717) is 0 Å². The summed E-state index contributed by atoms with van der Waals surface area (Å²) < 4.78 is 5.44. The van der Waals surface area contributed by atoms with Crippen LogP contribution in [0.4, 0.5) is 0 Å². The van der Waals surface area contributed by atoms with Crippen LogP contribution in [0.1, 0.15) is 13.3 Å². The van der Waals surface area contributed by atoms with E-state index in [1.807, 2.05) is 0 Å². The molecule has 0 radical (unpaired) electrons. The summed E-state index contributed by atoms with van der Waals surface area (Å²) in [7, 11) is 0. The van der Waals surface area contributed by atoms with Crippen LogP contribution in [-0.4, -0.2) is 50.8 Å². The van der Waals surface area contributed by atoms with Gasteiger partial charge in [0, 0.05) is 39.3 Å². The van der Waals surface area contributed by atoms with Crippen molar-refractivity contribution < 1.29 is 4.74 Å². The summed E-state index contributed by atoms with van der Waals surface area (Å²) in [5, 5.41) is 3.29. The molecule has 0 bridgehead atoms. The Bertz CT molecular complexity index is 211. The van der Waals surface area contributed by atoms with Gasteiger partial charge in [0.15, 0.2) is 0 Å². The summed E-state index contributed by atoms with van der Waals surface area (Å²) in [6, 6.07) is 0. The van der Waals surface area contributed by atoms with Crippen molar-refractivity contribution in [1.82, 2.24) is 10.2 Å². The predicted octanol–water partition coefficient (Wildman–Crippen LogP) is 0.628. The van der Waals surface area contributed by atoms with Crippen molar-refractivity contribution in [3.8, 4) is 0 Å². The molecule has 2 fully saturated rings. The highest BCUT2D eigenvalue weighted by molar-refractivity contribution is 5.22. The van der Waals surface area contributed by atoms with E-state index >= 15 is 0 Å². The molecule has 0 saturated carbocycles. The van der Waals surface area contributed by atoms with Crippen LogP contribution in [0.2, 0.25) is 0 Å². The molecule has 0 aromatic carbocycles. The van der Waals surface area contributed by atoms with Crippen LogP contribution in [0.25, 0.3) is 0 Å². The van der Waals surface area contributed by atoms with Crippen LogP contribution >= 0.6 is 0 Å². The molecular weight excluding hydrogens is 176 g/mol. The molecule has 2 aliphatic rings. The Morgan fingerprint density at radius 2 is 2.21 bits per heavy atom. The van der Waals surface area contributed by atoms with Crippen LogP contribution in [0.3, 0.4) is 0 Å². The molecule has 0 atom stereocenters. The fourth-order valence-electron chi connectivity index (χ4n) is 1.95. The molecule has 3 heteroatoms. The molecule has 1 N–H and O–H groups in total. The van der Waals surface area contributed by atoms with E-state index in [1.54, 1.807) is 11.1 Å². The first kappa shape index (κ1) is 10.1. The zero-order chi connectivity index (χ0) is 9.80. The SMILES string of the molecule is CC(CN1CCCOCC1)=C1CNC1. The van der Waals surface area contributed by atoms with Crippen LogP contribution < -0.4 is 5.32 Å². The largest absolute Gasteiger partial charge is 0.380 e. The molecule has 0 amide bonds. The quantitative estimate of drug-likeness (QED) is 0.656. The minimum Gasteiger partial charge on any atom is -0.380 e. The van der Waals surface area contributed by atoms with E-state index in [-0.39, 0.29) is 0 Å². The van der Waals surface area contributed by atoms with Gasteiger partial charge in [-0.2, -0.15) is 0 Å². The van der Waals surface area contributed by atoms with Gasteiger partial charge in [0.1, 0.15) is 0 Å². The van der Waals surface area contributed by atoms with Crippen LogP contribution in [-0.2, 0) is 4.74 Å². The molecule has 0 spiro atoms. The van der Waals surface area contributed by atoms with Gasteiger partial charge >= 0.3 is 0 Å². The van der Waals surface area contributed by atoms with Gasteiger partial charge in [-0.3, -0.25) is 4.90 Å². The Kier molecular flexibility index (Phi) is 3.56. The average Bonchev–Trinajstić information content (AvgIpc) is 2.29. The number of hydrogen-bond acceptors (Lipinski definition) is 3. The maximum absolute atomic E-state index is 5.44. The third-order valence-corrected chi connectivity index (χ3v) is 3.06. The van der Waals surface area contributed by atoms with Gasteiger partial charge in [-0.15, -0.1) is 0 Å². The van der Waals surface area contributed by atoms with E-state index in [2.05, 4.69) is 17.1 Å². The Hall–Kier alpha value is -0.380. The Morgan fingerprint density at radius 3 is 2.93 bits per heavy atom. The van der Waals surface area contributed by atoms with Crippen molar-refractivity contribution in [3.05, 3.63) is 11.1 Å². The normalized spacial score (nSPS) is 24.2. The molecule has 14 heavy (non-hydrogen) atoms. The lowest BCUT2D eigenvalue weighted by Gasteiger charge is -2.26. The molecule has 2 aliphatic heterocycles. The van der Waals surface area contributed by atoms with E-state index < -0.39 is 0 Å². The average molecular weight is 196 g/mol. The van der Waals surface area contributed by atoms with Crippen molar-refractivity contribution >= 4 is 0 Å². The van der Waals surface area contributed by atoms with Gasteiger partial charge in [0.2, 0.25) is 0 Å². The summed E-state index contributed by atoms with van der Waals surface area (Å²) in [5.41, 5.74) is 3.17. The molecule has 2 rings (SSSR count). The summed E-state index contributed by atoms with van der Waals surface area (Å²) in [5.74, 6) is 0. The maximum atomic E-state index is 5.44. The second-order valence-electron chi connectivity index (χ2n) is 4.23. The number of hydrogen-bond donors (Lipinski definition) is 1. The summed E-state index contributed by atoms with van der Waals surface area (Å²) >= 11 is 0. The highest BCUT2D eigenvalue weighted by Gasteiger charge is 2.14. The molecule has 2 heterocycles. The topological polar surface area (TPSA) is 24.5 Å². The van der Waals surface area contributed by atoms with Crippen LogP contribution in [0, 0.1) is 0 Å². The molecule has 0 aromatic rings. The summed E-state index contributed by atoms with van der Waals surface area (Å²) in [6.45, 7) is 9.75. The Balaban J connectivity index is 1.82. The molecule has 0 aliphatic carbocycles. The highest BCUT2D eigenvalue weighted by atomic mass is 16.5. The Labute approximate surface area is 86.1 Å². The number of ether oxygens (including phenoxy) is 1. The van der Waals surface area contributed by atoms with Crippen molar-refractivity contribution in [1.29, 1.82) is 0 Å². The van der Waals surface area contributed by atoms with E-state index in [0.717, 1.165) is 39.4 Å². The highest BCUT2D eigenvalue weighted by Crippen LogP contribution is 2.11. The molecule has 3 nitrogen and oxygen atoms in total. The first-order chi connectivity index (χ1) is 6.86. The molecule has 80 valence electrons. The summed E-state index contributed by atoms with van der Waals surface area (Å²) in [6.07, 6.45) is 1.18. The van der Waals surface area contributed by atoms with Gasteiger partial charge in [-0.25, -0.2) is 0 Å². The van der Waals surface area contributed by atoms with Crippen LogP contribution in [0.5, 0.6) is 0 Å². The number of rotatable bonds is 2. The van der Waals surface area contributed by atoms with Gasteiger partial charge < -0.3 is 10.1 Å². The van der Waals surface area contributed by atoms with Crippen molar-refractivity contribution in [3.63, 3.8) is 0 Å². The second-order valence-corrected chi connectivity index (χ2v) is 4.23. The zero-order valence-corrected chi connectivity index (χ0v) is 9.01. The van der Waals surface area contributed by atoms with E-state index in [1.165, 1.54) is 13.0 Å². The van der Waals surface area contributed by atoms with Crippen LogP contribution in [0.15, 0.2) is 11.1 Å². The second kappa shape index (κ2) is 4.91. The van der Waals surface area contributed by atoms with Gasteiger partial charge in [-0.1, -0.05) is 5.57 Å². The van der Waals surface area contributed by atoms with Gasteiger partial charge in [0.05, 0.1) is 6.61 Å². The lowest BCUT2D eigenvalue weighted by atomic mass is 10.0. The summed E-state index contributed by atoms with van der Waals surface area (Å²) in [4.78, 5) is 2.51. The van der Waals surface area contributed by atoms with Crippen molar-refractivity contribution in [2.75, 3.05) is 45.9 Å². The molecular formula is C11H20N2O. The molecule has 2 saturated heterocycles. The third kappa shape index (κ3) is 2.56. The smallest absolute Gasteiger partial charge is 0.0593 e. The minimum absolute atomic E-state index is 0.904. The van der Waals surface area contributed by atoms with Gasteiger partial charge in [-0.05, 0) is 18.9 Å². The fourth-order valence-corrected chi connectivity index (χ4v) is 1.95. The molecule has 0 aromatic heterocycles. The lowest BCUT2D eigenvalue weighted by molar-refractivity contribution is 0.142. The van der Waals surface area contributed by atoms with E-state index in [9.17, 15) is 0 Å². The monoisotopic (exact) mass is 196 g/mol. The third-order valence-electron chi connectivity index (χ3n) is 3.06. The first-order valence-corrected chi connectivity index (χ1v) is 5.54. The van der Waals surface area contributed by atoms with Crippen molar-refractivity contribution in [2.45, 2.75) is 13.3 Å². The number of nitrogens with zero attached hydrogens (tertiary/aromatic N) is 1. The zero-order valence-electron chi connectivity index (χ0n) is 9.01. The predicted molar refractivity (Wildman–Crippen MR) is 57.4 cm³/mol.